The van der Waals surface area contributed by atoms with E-state index in [-0.39, 0.29) is 0 Å². The molecule has 0 saturated carbocycles. The molecular weight excluding hydrogens is 278 g/mol. The number of hydrogen-bond acceptors (Lipinski definition) is 2. The Labute approximate surface area is 113 Å². The summed E-state index contributed by atoms with van der Waals surface area (Å²) in [6.45, 7) is 8.15. The normalized spacial score (nSPS) is 12.5. The molecule has 0 aliphatic rings. The quantitative estimate of drug-likeness (QED) is 0.810. The molecule has 17 heavy (non-hydrogen) atoms. The molecule has 0 bridgehead atoms. The van der Waals surface area contributed by atoms with Crippen molar-refractivity contribution >= 4 is 15.9 Å². The van der Waals surface area contributed by atoms with Gasteiger partial charge in [-0.15, -0.1) is 0 Å². The van der Waals surface area contributed by atoms with E-state index in [9.17, 15) is 0 Å². The Kier molecular flexibility index (Phi) is 6.60. The number of ether oxygens (including phenoxy) is 1. The Hall–Kier alpha value is -0.540. The second-order valence-electron chi connectivity index (χ2n) is 4.04. The molecule has 0 aromatic heterocycles. The molecule has 1 aromatic carbocycles. The molecule has 1 aromatic rings. The van der Waals surface area contributed by atoms with Crippen LogP contribution < -0.4 is 10.1 Å². The zero-order valence-corrected chi connectivity index (χ0v) is 12.5. The van der Waals surface area contributed by atoms with E-state index in [0.29, 0.717) is 12.6 Å². The smallest absolute Gasteiger partial charge is 0.133 e. The Balaban J connectivity index is 2.79. The zero-order chi connectivity index (χ0) is 12.7. The highest BCUT2D eigenvalue weighted by molar-refractivity contribution is 9.10. The lowest BCUT2D eigenvalue weighted by Crippen LogP contribution is -2.21. The number of rotatable bonds is 7. The molecule has 1 N–H and O–H groups in total. The molecular formula is C14H22BrNO. The third-order valence-corrected chi connectivity index (χ3v) is 3.33. The minimum absolute atomic E-state index is 0.432. The van der Waals surface area contributed by atoms with Crippen LogP contribution in [0.4, 0.5) is 0 Å². The lowest BCUT2D eigenvalue weighted by Gasteiger charge is -2.18. The van der Waals surface area contributed by atoms with Gasteiger partial charge in [-0.05, 0) is 59.9 Å². The summed E-state index contributed by atoms with van der Waals surface area (Å²) < 4.78 is 6.55. The summed E-state index contributed by atoms with van der Waals surface area (Å²) in [7, 11) is 0. The predicted molar refractivity (Wildman–Crippen MR) is 76.6 cm³/mol. The van der Waals surface area contributed by atoms with Crippen molar-refractivity contribution in [1.82, 2.24) is 5.32 Å². The highest BCUT2D eigenvalue weighted by Gasteiger charge is 2.10. The van der Waals surface area contributed by atoms with Gasteiger partial charge in [-0.2, -0.15) is 0 Å². The average Bonchev–Trinajstić information content (AvgIpc) is 2.33. The maximum Gasteiger partial charge on any atom is 0.133 e. The van der Waals surface area contributed by atoms with Gasteiger partial charge in [-0.3, -0.25) is 0 Å². The van der Waals surface area contributed by atoms with Crippen LogP contribution in [-0.2, 0) is 0 Å². The fraction of sp³-hybridized carbons (Fsp3) is 0.571. The molecule has 0 aliphatic carbocycles. The van der Waals surface area contributed by atoms with Crippen molar-refractivity contribution in [3.8, 4) is 5.75 Å². The van der Waals surface area contributed by atoms with Gasteiger partial charge in [-0.25, -0.2) is 0 Å². The lowest BCUT2D eigenvalue weighted by atomic mass is 10.0. The van der Waals surface area contributed by atoms with E-state index in [1.165, 1.54) is 5.56 Å². The monoisotopic (exact) mass is 299 g/mol. The first kappa shape index (κ1) is 14.5. The van der Waals surface area contributed by atoms with Gasteiger partial charge in [0.15, 0.2) is 0 Å². The van der Waals surface area contributed by atoms with Crippen LogP contribution in [0.15, 0.2) is 22.7 Å². The topological polar surface area (TPSA) is 21.3 Å². The van der Waals surface area contributed by atoms with Crippen LogP contribution in [0.3, 0.4) is 0 Å². The van der Waals surface area contributed by atoms with Gasteiger partial charge < -0.3 is 10.1 Å². The number of halogens is 1. The summed E-state index contributed by atoms with van der Waals surface area (Å²) in [5.41, 5.74) is 1.32. The lowest BCUT2D eigenvalue weighted by molar-refractivity contribution is 0.338. The molecule has 1 rings (SSSR count). The third kappa shape index (κ3) is 4.32. The molecule has 3 heteroatoms. The molecule has 0 aliphatic heterocycles. The van der Waals surface area contributed by atoms with Crippen LogP contribution in [0.5, 0.6) is 5.75 Å². The third-order valence-electron chi connectivity index (χ3n) is 2.71. The molecule has 0 radical (unpaired) electrons. The number of hydrogen-bond donors (Lipinski definition) is 1. The van der Waals surface area contributed by atoms with Crippen molar-refractivity contribution in [2.24, 2.45) is 0 Å². The fourth-order valence-corrected chi connectivity index (χ4v) is 2.33. The highest BCUT2D eigenvalue weighted by Crippen LogP contribution is 2.29. The van der Waals surface area contributed by atoms with Crippen LogP contribution in [0.2, 0.25) is 0 Å². The maximum atomic E-state index is 5.52. The highest BCUT2D eigenvalue weighted by atomic mass is 79.9. The van der Waals surface area contributed by atoms with Crippen molar-refractivity contribution in [3.05, 3.63) is 28.2 Å². The summed E-state index contributed by atoms with van der Waals surface area (Å²) in [6.07, 6.45) is 2.26. The molecule has 0 amide bonds. The van der Waals surface area contributed by atoms with Crippen molar-refractivity contribution in [3.63, 3.8) is 0 Å². The van der Waals surface area contributed by atoms with Gasteiger partial charge in [0.1, 0.15) is 5.75 Å². The summed E-state index contributed by atoms with van der Waals surface area (Å²) >= 11 is 3.56. The average molecular weight is 300 g/mol. The van der Waals surface area contributed by atoms with Crippen molar-refractivity contribution in [1.29, 1.82) is 0 Å². The summed E-state index contributed by atoms with van der Waals surface area (Å²) in [6, 6.07) is 6.77. The first-order valence-electron chi connectivity index (χ1n) is 6.38. The standard InChI is InChI=1S/C14H22BrNO/c1-4-9-16-13(5-2)11-7-8-14(17-6-3)12(15)10-11/h7-8,10,13,16H,4-6,9H2,1-3H3. The van der Waals surface area contributed by atoms with Gasteiger partial charge in [-0.1, -0.05) is 19.9 Å². The number of benzene rings is 1. The fourth-order valence-electron chi connectivity index (χ4n) is 1.82. The first-order chi connectivity index (χ1) is 8.22. The second kappa shape index (κ2) is 7.72. The summed E-state index contributed by atoms with van der Waals surface area (Å²) in [5, 5.41) is 3.55. The van der Waals surface area contributed by atoms with E-state index in [1.54, 1.807) is 0 Å². The molecule has 1 unspecified atom stereocenters. The van der Waals surface area contributed by atoms with E-state index < -0.39 is 0 Å². The Morgan fingerprint density at radius 2 is 2.06 bits per heavy atom. The van der Waals surface area contributed by atoms with Crippen molar-refractivity contribution < 1.29 is 4.74 Å². The van der Waals surface area contributed by atoms with E-state index in [0.717, 1.165) is 29.6 Å². The summed E-state index contributed by atoms with van der Waals surface area (Å²) in [4.78, 5) is 0. The molecule has 1 atom stereocenters. The van der Waals surface area contributed by atoms with E-state index in [4.69, 9.17) is 4.74 Å². The van der Waals surface area contributed by atoms with Gasteiger partial charge in [0.25, 0.3) is 0 Å². The Bertz CT molecular complexity index is 341. The maximum absolute atomic E-state index is 5.52. The van der Waals surface area contributed by atoms with Crippen LogP contribution >= 0.6 is 15.9 Å². The summed E-state index contributed by atoms with van der Waals surface area (Å²) in [5.74, 6) is 0.918. The van der Waals surface area contributed by atoms with Gasteiger partial charge in [0.2, 0.25) is 0 Å². The van der Waals surface area contributed by atoms with E-state index in [1.807, 2.05) is 13.0 Å². The van der Waals surface area contributed by atoms with Gasteiger partial charge in [0.05, 0.1) is 11.1 Å². The minimum Gasteiger partial charge on any atom is -0.493 e. The predicted octanol–water partition coefficient (Wildman–Crippen LogP) is 4.30. The molecule has 0 heterocycles. The molecule has 96 valence electrons. The van der Waals surface area contributed by atoms with Crippen molar-refractivity contribution in [2.45, 2.75) is 39.7 Å². The largest absolute Gasteiger partial charge is 0.493 e. The molecule has 2 nitrogen and oxygen atoms in total. The molecule has 0 saturated heterocycles. The van der Waals surface area contributed by atoms with Gasteiger partial charge in [0, 0.05) is 6.04 Å². The Morgan fingerprint density at radius 1 is 1.29 bits per heavy atom. The molecule has 0 spiro atoms. The van der Waals surface area contributed by atoms with Crippen LogP contribution in [-0.4, -0.2) is 13.2 Å². The van der Waals surface area contributed by atoms with E-state index >= 15 is 0 Å². The Morgan fingerprint density at radius 3 is 2.59 bits per heavy atom. The first-order valence-corrected chi connectivity index (χ1v) is 7.17. The van der Waals surface area contributed by atoms with Crippen molar-refractivity contribution in [2.75, 3.05) is 13.2 Å². The molecule has 0 fully saturated rings. The van der Waals surface area contributed by atoms with Crippen LogP contribution in [0.1, 0.15) is 45.2 Å². The van der Waals surface area contributed by atoms with E-state index in [2.05, 4.69) is 47.2 Å². The minimum atomic E-state index is 0.432. The van der Waals surface area contributed by atoms with Crippen LogP contribution in [0.25, 0.3) is 0 Å². The zero-order valence-electron chi connectivity index (χ0n) is 10.9. The number of nitrogens with one attached hydrogen (secondary N) is 1. The SMILES string of the molecule is CCCNC(CC)c1ccc(OCC)c(Br)c1. The second-order valence-corrected chi connectivity index (χ2v) is 4.89. The van der Waals surface area contributed by atoms with Gasteiger partial charge >= 0.3 is 0 Å². The van der Waals surface area contributed by atoms with Crippen LogP contribution in [0, 0.1) is 0 Å².